The number of aliphatic hydroxyl groups is 1. The van der Waals surface area contributed by atoms with Crippen molar-refractivity contribution in [3.05, 3.63) is 47.5 Å². The zero-order valence-corrected chi connectivity index (χ0v) is 11.5. The zero-order valence-electron chi connectivity index (χ0n) is 11.5. The van der Waals surface area contributed by atoms with Crippen LogP contribution in [0.1, 0.15) is 17.4 Å². The van der Waals surface area contributed by atoms with Crippen molar-refractivity contribution in [1.82, 2.24) is 25.6 Å². The van der Waals surface area contributed by atoms with E-state index in [1.807, 2.05) is 0 Å². The lowest BCUT2D eigenvalue weighted by Gasteiger charge is -2.10. The number of aromatic nitrogens is 3. The minimum absolute atomic E-state index is 0.193. The SMILES string of the molecule is CNC(=O)NCc1cn(C[C@H](O)c2ccc(F)cc2)nn1. The maximum absolute atomic E-state index is 12.8. The Labute approximate surface area is 120 Å². The van der Waals surface area contributed by atoms with Gasteiger partial charge in [0.25, 0.3) is 0 Å². The van der Waals surface area contributed by atoms with Crippen molar-refractivity contribution >= 4 is 6.03 Å². The molecule has 0 saturated heterocycles. The van der Waals surface area contributed by atoms with E-state index < -0.39 is 6.10 Å². The van der Waals surface area contributed by atoms with Crippen molar-refractivity contribution in [1.29, 1.82) is 0 Å². The van der Waals surface area contributed by atoms with Crippen LogP contribution in [0.25, 0.3) is 0 Å². The number of hydrogen-bond donors (Lipinski definition) is 3. The van der Waals surface area contributed by atoms with Crippen molar-refractivity contribution in [2.75, 3.05) is 7.05 Å². The Morgan fingerprint density at radius 2 is 2.14 bits per heavy atom. The number of urea groups is 1. The Morgan fingerprint density at radius 1 is 1.43 bits per heavy atom. The highest BCUT2D eigenvalue weighted by Crippen LogP contribution is 2.15. The van der Waals surface area contributed by atoms with Gasteiger partial charge in [-0.3, -0.25) is 0 Å². The van der Waals surface area contributed by atoms with Crippen molar-refractivity contribution < 1.29 is 14.3 Å². The maximum atomic E-state index is 12.8. The molecular weight excluding hydrogens is 277 g/mol. The summed E-state index contributed by atoms with van der Waals surface area (Å²) < 4.78 is 14.3. The van der Waals surface area contributed by atoms with Gasteiger partial charge in [-0.1, -0.05) is 17.3 Å². The van der Waals surface area contributed by atoms with Crippen LogP contribution >= 0.6 is 0 Å². The smallest absolute Gasteiger partial charge is 0.314 e. The first-order chi connectivity index (χ1) is 10.1. The van der Waals surface area contributed by atoms with Crippen LogP contribution in [0.4, 0.5) is 9.18 Å². The zero-order chi connectivity index (χ0) is 15.2. The molecule has 21 heavy (non-hydrogen) atoms. The molecule has 0 radical (unpaired) electrons. The summed E-state index contributed by atoms with van der Waals surface area (Å²) in [4.78, 5) is 11.0. The van der Waals surface area contributed by atoms with E-state index in [-0.39, 0.29) is 24.9 Å². The molecule has 2 aromatic rings. The van der Waals surface area contributed by atoms with Gasteiger partial charge < -0.3 is 15.7 Å². The van der Waals surface area contributed by atoms with E-state index in [9.17, 15) is 14.3 Å². The Morgan fingerprint density at radius 3 is 2.81 bits per heavy atom. The third kappa shape index (κ3) is 4.25. The van der Waals surface area contributed by atoms with Crippen LogP contribution in [-0.4, -0.2) is 33.2 Å². The highest BCUT2D eigenvalue weighted by molar-refractivity contribution is 5.73. The molecule has 1 atom stereocenters. The van der Waals surface area contributed by atoms with E-state index in [1.165, 1.54) is 36.0 Å². The second-order valence-electron chi connectivity index (χ2n) is 4.43. The van der Waals surface area contributed by atoms with Gasteiger partial charge in [0, 0.05) is 7.05 Å². The number of aliphatic hydroxyl groups excluding tert-OH is 1. The average molecular weight is 293 g/mol. The van der Waals surface area contributed by atoms with Crippen LogP contribution in [0.15, 0.2) is 30.5 Å². The molecule has 3 N–H and O–H groups in total. The van der Waals surface area contributed by atoms with E-state index in [4.69, 9.17) is 0 Å². The maximum Gasteiger partial charge on any atom is 0.314 e. The van der Waals surface area contributed by atoms with E-state index in [2.05, 4.69) is 20.9 Å². The largest absolute Gasteiger partial charge is 0.386 e. The first kappa shape index (κ1) is 14.9. The van der Waals surface area contributed by atoms with Gasteiger partial charge >= 0.3 is 6.03 Å². The van der Waals surface area contributed by atoms with Gasteiger partial charge in [-0.2, -0.15) is 0 Å². The molecule has 0 spiro atoms. The number of rotatable bonds is 5. The molecule has 1 aromatic carbocycles. The first-order valence-electron chi connectivity index (χ1n) is 6.36. The molecule has 112 valence electrons. The lowest BCUT2D eigenvalue weighted by molar-refractivity contribution is 0.150. The third-order valence-corrected chi connectivity index (χ3v) is 2.86. The molecule has 0 fully saturated rings. The normalized spacial score (nSPS) is 12.0. The lowest BCUT2D eigenvalue weighted by atomic mass is 10.1. The summed E-state index contributed by atoms with van der Waals surface area (Å²) in [6, 6.07) is 5.31. The highest BCUT2D eigenvalue weighted by atomic mass is 19.1. The number of hydrogen-bond acceptors (Lipinski definition) is 4. The lowest BCUT2D eigenvalue weighted by Crippen LogP contribution is -2.32. The fraction of sp³-hybridized carbons (Fsp3) is 0.308. The van der Waals surface area contributed by atoms with Crippen LogP contribution < -0.4 is 10.6 Å². The molecule has 2 rings (SSSR count). The molecule has 0 bridgehead atoms. The number of nitrogens with one attached hydrogen (secondary N) is 2. The summed E-state index contributed by atoms with van der Waals surface area (Å²) in [5.74, 6) is -0.353. The van der Waals surface area contributed by atoms with E-state index in [0.29, 0.717) is 11.3 Å². The summed E-state index contributed by atoms with van der Waals surface area (Å²) in [5.41, 5.74) is 1.17. The first-order valence-corrected chi connectivity index (χ1v) is 6.36. The van der Waals surface area contributed by atoms with Crippen LogP contribution in [0.2, 0.25) is 0 Å². The average Bonchev–Trinajstić information content (AvgIpc) is 2.93. The van der Waals surface area contributed by atoms with Crippen molar-refractivity contribution in [3.8, 4) is 0 Å². The van der Waals surface area contributed by atoms with Gasteiger partial charge in [0.1, 0.15) is 11.5 Å². The predicted octanol–water partition coefficient (Wildman–Crippen LogP) is 0.580. The molecule has 0 unspecified atom stereocenters. The molecule has 0 saturated carbocycles. The van der Waals surface area contributed by atoms with Crippen molar-refractivity contribution in [2.24, 2.45) is 0 Å². The quantitative estimate of drug-likeness (QED) is 0.752. The molecule has 0 aliphatic heterocycles. The monoisotopic (exact) mass is 293 g/mol. The number of amides is 2. The third-order valence-electron chi connectivity index (χ3n) is 2.86. The predicted molar refractivity (Wildman–Crippen MR) is 72.7 cm³/mol. The summed E-state index contributed by atoms with van der Waals surface area (Å²) in [6.45, 7) is 0.435. The minimum atomic E-state index is -0.813. The van der Waals surface area contributed by atoms with Gasteiger partial charge in [0.2, 0.25) is 0 Å². The van der Waals surface area contributed by atoms with Gasteiger partial charge in [-0.15, -0.1) is 5.10 Å². The second-order valence-corrected chi connectivity index (χ2v) is 4.43. The summed E-state index contributed by atoms with van der Waals surface area (Å²) in [7, 11) is 1.52. The Balaban J connectivity index is 1.92. The van der Waals surface area contributed by atoms with Gasteiger partial charge in [-0.05, 0) is 17.7 Å². The van der Waals surface area contributed by atoms with Crippen LogP contribution in [-0.2, 0) is 13.1 Å². The van der Waals surface area contributed by atoms with E-state index >= 15 is 0 Å². The molecule has 1 aromatic heterocycles. The number of carbonyl (C=O) groups excluding carboxylic acids is 1. The summed E-state index contributed by atoms with van der Waals surface area (Å²) in [5, 5.41) is 22.8. The Bertz CT molecular complexity index is 599. The topological polar surface area (TPSA) is 92.1 Å². The van der Waals surface area contributed by atoms with Gasteiger partial charge in [0.15, 0.2) is 0 Å². The summed E-state index contributed by atoms with van der Waals surface area (Å²) in [6.07, 6.45) is 0.815. The number of nitrogens with zero attached hydrogens (tertiary/aromatic N) is 3. The van der Waals surface area contributed by atoms with E-state index in [0.717, 1.165) is 0 Å². The molecule has 0 aliphatic rings. The van der Waals surface area contributed by atoms with Gasteiger partial charge in [0.05, 0.1) is 25.4 Å². The Kier molecular flexibility index (Phi) is 4.83. The van der Waals surface area contributed by atoms with Crippen LogP contribution in [0.3, 0.4) is 0 Å². The fourth-order valence-electron chi connectivity index (χ4n) is 1.74. The molecule has 7 nitrogen and oxygen atoms in total. The fourth-order valence-corrected chi connectivity index (χ4v) is 1.74. The van der Waals surface area contributed by atoms with Crippen molar-refractivity contribution in [2.45, 2.75) is 19.2 Å². The van der Waals surface area contributed by atoms with Gasteiger partial charge in [-0.25, -0.2) is 13.9 Å². The molecule has 2 amide bonds. The van der Waals surface area contributed by atoms with Crippen molar-refractivity contribution in [3.63, 3.8) is 0 Å². The number of benzene rings is 1. The molecule has 8 heteroatoms. The molecule has 1 heterocycles. The van der Waals surface area contributed by atoms with Crippen LogP contribution in [0, 0.1) is 5.82 Å². The van der Waals surface area contributed by atoms with Crippen LogP contribution in [0.5, 0.6) is 0 Å². The molecular formula is C13H16FN5O2. The standard InChI is InChI=1S/C13H16FN5O2/c1-15-13(21)16-6-11-7-19(18-17-11)8-12(20)9-2-4-10(14)5-3-9/h2-5,7,12,20H,6,8H2,1H3,(H2,15,16,21)/t12-/m0/s1. The van der Waals surface area contributed by atoms with E-state index in [1.54, 1.807) is 6.20 Å². The highest BCUT2D eigenvalue weighted by Gasteiger charge is 2.10. The number of halogens is 1. The Hall–Kier alpha value is -2.48. The summed E-state index contributed by atoms with van der Waals surface area (Å²) >= 11 is 0. The second kappa shape index (κ2) is 6.80. The number of carbonyl (C=O) groups is 1. The molecule has 0 aliphatic carbocycles. The minimum Gasteiger partial charge on any atom is -0.386 e.